The number of piperidine rings is 1. The number of amides is 2. The number of hydrogen-bond acceptors (Lipinski definition) is 4. The number of carbonyl (C=O) groups excluding carboxylic acids is 2. The van der Waals surface area contributed by atoms with E-state index in [4.69, 9.17) is 9.47 Å². The minimum atomic E-state index is -0.427. The van der Waals surface area contributed by atoms with Crippen LogP contribution in [-0.4, -0.2) is 60.2 Å². The van der Waals surface area contributed by atoms with E-state index < -0.39 is 5.82 Å². The Morgan fingerprint density at radius 1 is 1.29 bits per heavy atom. The molecule has 2 aliphatic heterocycles. The zero-order valence-corrected chi connectivity index (χ0v) is 16.6. The molecule has 2 amide bonds. The first-order chi connectivity index (χ1) is 13.5. The van der Waals surface area contributed by atoms with Gasteiger partial charge in [-0.15, -0.1) is 0 Å². The van der Waals surface area contributed by atoms with Crippen LogP contribution in [0.5, 0.6) is 5.75 Å². The average molecular weight is 392 g/mol. The molecule has 2 saturated heterocycles. The van der Waals surface area contributed by atoms with Crippen molar-refractivity contribution >= 4 is 12.0 Å². The van der Waals surface area contributed by atoms with Crippen molar-refractivity contribution in [3.05, 3.63) is 30.1 Å². The highest BCUT2D eigenvalue weighted by Gasteiger charge is 2.39. The second-order valence-electron chi connectivity index (χ2n) is 7.91. The molecule has 3 rings (SSSR count). The van der Waals surface area contributed by atoms with Gasteiger partial charge in [-0.05, 0) is 37.3 Å². The zero-order chi connectivity index (χ0) is 20.1. The zero-order valence-electron chi connectivity index (χ0n) is 16.6. The molecule has 2 aliphatic rings. The molecular formula is C21H29FN2O4. The van der Waals surface area contributed by atoms with Gasteiger partial charge >= 0.3 is 6.09 Å². The maximum atomic E-state index is 13.5. The molecule has 0 aromatic heterocycles. The maximum Gasteiger partial charge on any atom is 0.410 e. The third kappa shape index (κ3) is 4.94. The molecule has 28 heavy (non-hydrogen) atoms. The Morgan fingerprint density at radius 3 is 2.68 bits per heavy atom. The van der Waals surface area contributed by atoms with Gasteiger partial charge in [0.1, 0.15) is 6.61 Å². The molecule has 7 heteroatoms. The lowest BCUT2D eigenvalue weighted by Gasteiger charge is -2.38. The molecule has 1 aromatic rings. The third-order valence-electron chi connectivity index (χ3n) is 5.37. The fraction of sp³-hybridized carbons (Fsp3) is 0.619. The largest absolute Gasteiger partial charge is 0.490 e. The van der Waals surface area contributed by atoms with E-state index >= 15 is 0 Å². The highest BCUT2D eigenvalue weighted by Crippen LogP contribution is 2.27. The van der Waals surface area contributed by atoms with Crippen LogP contribution in [0.2, 0.25) is 0 Å². The number of hydrogen-bond donors (Lipinski definition) is 0. The molecule has 6 nitrogen and oxygen atoms in total. The van der Waals surface area contributed by atoms with Crippen molar-refractivity contribution in [1.82, 2.24) is 9.80 Å². The minimum absolute atomic E-state index is 0.00230. The maximum absolute atomic E-state index is 13.5. The van der Waals surface area contributed by atoms with Gasteiger partial charge in [0, 0.05) is 19.1 Å². The van der Waals surface area contributed by atoms with E-state index in [-0.39, 0.29) is 42.9 Å². The first-order valence-corrected chi connectivity index (χ1v) is 10.1. The first-order valence-electron chi connectivity index (χ1n) is 10.1. The number of benzene rings is 1. The summed E-state index contributed by atoms with van der Waals surface area (Å²) in [6.45, 7) is 6.12. The molecule has 1 atom stereocenters. The van der Waals surface area contributed by atoms with E-state index in [0.717, 1.165) is 19.3 Å². The normalized spacial score (nSPS) is 20.6. The quantitative estimate of drug-likeness (QED) is 0.713. The fourth-order valence-corrected chi connectivity index (χ4v) is 4.01. The summed E-state index contributed by atoms with van der Waals surface area (Å²) in [5.74, 6) is 0.234. The van der Waals surface area contributed by atoms with Crippen molar-refractivity contribution in [2.24, 2.45) is 5.92 Å². The topological polar surface area (TPSA) is 59.1 Å². The van der Waals surface area contributed by atoms with Crippen molar-refractivity contribution in [2.45, 2.75) is 51.6 Å². The number of ether oxygens (including phenoxy) is 2. The number of halogens is 1. The second-order valence-corrected chi connectivity index (χ2v) is 7.91. The Bertz CT molecular complexity index is 689. The lowest BCUT2D eigenvalue weighted by molar-refractivity contribution is -0.133. The molecule has 0 bridgehead atoms. The Hall–Kier alpha value is -2.31. The Balaban J connectivity index is 1.45. The summed E-state index contributed by atoms with van der Waals surface area (Å²) < 4.78 is 24.2. The summed E-state index contributed by atoms with van der Waals surface area (Å²) in [5, 5.41) is 0. The number of likely N-dealkylation sites (tertiary alicyclic amines) is 1. The van der Waals surface area contributed by atoms with Crippen molar-refractivity contribution in [3.8, 4) is 5.75 Å². The second kappa shape index (κ2) is 9.26. The van der Waals surface area contributed by atoms with Gasteiger partial charge in [0.2, 0.25) is 5.91 Å². The highest BCUT2D eigenvalue weighted by molar-refractivity contribution is 5.76. The highest BCUT2D eigenvalue weighted by atomic mass is 19.1. The van der Waals surface area contributed by atoms with Gasteiger partial charge in [-0.2, -0.15) is 0 Å². The van der Waals surface area contributed by atoms with Crippen molar-refractivity contribution in [3.63, 3.8) is 0 Å². The van der Waals surface area contributed by atoms with E-state index in [2.05, 4.69) is 13.8 Å². The van der Waals surface area contributed by atoms with Gasteiger partial charge in [-0.1, -0.05) is 26.0 Å². The van der Waals surface area contributed by atoms with E-state index in [1.165, 1.54) is 6.07 Å². The van der Waals surface area contributed by atoms with E-state index in [0.29, 0.717) is 25.6 Å². The predicted octanol–water partition coefficient (Wildman–Crippen LogP) is 3.45. The molecule has 0 N–H and O–H groups in total. The fourth-order valence-electron chi connectivity index (χ4n) is 4.01. The smallest absolute Gasteiger partial charge is 0.410 e. The van der Waals surface area contributed by atoms with Crippen LogP contribution in [0.4, 0.5) is 9.18 Å². The van der Waals surface area contributed by atoms with E-state index in [1.807, 2.05) is 4.90 Å². The molecule has 2 fully saturated rings. The molecule has 2 heterocycles. The van der Waals surface area contributed by atoms with Crippen LogP contribution in [-0.2, 0) is 9.53 Å². The summed E-state index contributed by atoms with van der Waals surface area (Å²) in [4.78, 5) is 28.3. The Morgan fingerprint density at radius 2 is 2.00 bits per heavy atom. The third-order valence-corrected chi connectivity index (χ3v) is 5.37. The van der Waals surface area contributed by atoms with Crippen LogP contribution in [0.3, 0.4) is 0 Å². The predicted molar refractivity (Wildman–Crippen MR) is 103 cm³/mol. The van der Waals surface area contributed by atoms with Gasteiger partial charge in [-0.25, -0.2) is 9.18 Å². The average Bonchev–Trinajstić information content (AvgIpc) is 3.03. The molecule has 0 aliphatic carbocycles. The van der Waals surface area contributed by atoms with Crippen molar-refractivity contribution < 1.29 is 23.5 Å². The van der Waals surface area contributed by atoms with Crippen LogP contribution >= 0.6 is 0 Å². The number of cyclic esters (lactones) is 1. The van der Waals surface area contributed by atoms with Gasteiger partial charge in [0.05, 0.1) is 19.1 Å². The van der Waals surface area contributed by atoms with Crippen molar-refractivity contribution in [1.29, 1.82) is 0 Å². The lowest BCUT2D eigenvalue weighted by Crippen LogP contribution is -2.50. The Kier molecular flexibility index (Phi) is 6.75. The number of rotatable bonds is 7. The van der Waals surface area contributed by atoms with Crippen molar-refractivity contribution in [2.75, 3.05) is 26.3 Å². The van der Waals surface area contributed by atoms with Crippen LogP contribution in [0.15, 0.2) is 24.3 Å². The van der Waals surface area contributed by atoms with Crippen LogP contribution in [0.25, 0.3) is 0 Å². The molecule has 1 unspecified atom stereocenters. The molecule has 0 spiro atoms. The monoisotopic (exact) mass is 392 g/mol. The summed E-state index contributed by atoms with van der Waals surface area (Å²) in [7, 11) is 0. The first kappa shape index (κ1) is 20.4. The Labute approximate surface area is 165 Å². The van der Waals surface area contributed by atoms with Gasteiger partial charge in [0.15, 0.2) is 11.6 Å². The molecular weight excluding hydrogens is 363 g/mol. The minimum Gasteiger partial charge on any atom is -0.490 e. The van der Waals surface area contributed by atoms with Crippen LogP contribution in [0, 0.1) is 11.7 Å². The molecule has 1 aromatic carbocycles. The van der Waals surface area contributed by atoms with Crippen LogP contribution in [0.1, 0.15) is 39.5 Å². The summed E-state index contributed by atoms with van der Waals surface area (Å²) in [5.41, 5.74) is 0. The standard InChI is InChI=1S/C21H29FN2O4/c1-15(2)13-17-14-28-21(26)24(17)16-7-10-23(11-8-16)20(25)9-12-27-19-6-4-3-5-18(19)22/h3-6,15-17H,7-14H2,1-2H3. The number of carbonyl (C=O) groups is 2. The van der Waals surface area contributed by atoms with E-state index in [1.54, 1.807) is 23.1 Å². The summed E-state index contributed by atoms with van der Waals surface area (Å²) in [6.07, 6.45) is 2.42. The van der Waals surface area contributed by atoms with E-state index in [9.17, 15) is 14.0 Å². The van der Waals surface area contributed by atoms with Gasteiger partial charge in [0.25, 0.3) is 0 Å². The van der Waals surface area contributed by atoms with Crippen LogP contribution < -0.4 is 4.74 Å². The summed E-state index contributed by atoms with van der Waals surface area (Å²) >= 11 is 0. The lowest BCUT2D eigenvalue weighted by atomic mass is 9.98. The summed E-state index contributed by atoms with van der Waals surface area (Å²) in [6, 6.07) is 6.43. The number of para-hydroxylation sites is 1. The van der Waals surface area contributed by atoms with Gasteiger partial charge in [-0.3, -0.25) is 9.69 Å². The SMILES string of the molecule is CC(C)CC1COC(=O)N1C1CCN(C(=O)CCOc2ccccc2F)CC1. The molecule has 154 valence electrons. The van der Waals surface area contributed by atoms with Gasteiger partial charge < -0.3 is 14.4 Å². The molecule has 0 saturated carbocycles. The molecule has 0 radical (unpaired) electrons. The number of nitrogens with zero attached hydrogens (tertiary/aromatic N) is 2.